The number of pyridine rings is 2. The van der Waals surface area contributed by atoms with Crippen molar-refractivity contribution in [3.63, 3.8) is 0 Å². The van der Waals surface area contributed by atoms with Gasteiger partial charge in [0.2, 0.25) is 0 Å². The van der Waals surface area contributed by atoms with Gasteiger partial charge in [0.25, 0.3) is 11.5 Å². The van der Waals surface area contributed by atoms with E-state index in [0.717, 1.165) is 34.3 Å². The monoisotopic (exact) mass is 551 g/mol. The molecule has 0 saturated carbocycles. The number of nitrogen functional groups attached to an aromatic ring is 1. The number of rotatable bonds is 8. The predicted molar refractivity (Wildman–Crippen MR) is 164 cm³/mol. The summed E-state index contributed by atoms with van der Waals surface area (Å²) < 4.78 is 8.58. The Bertz CT molecular complexity index is 1760. The molecule has 3 aromatic heterocycles. The number of benzene rings is 2. The average molecular weight is 552 g/mol. The van der Waals surface area contributed by atoms with Crippen molar-refractivity contribution >= 4 is 28.3 Å². The number of primary amides is 1. The summed E-state index contributed by atoms with van der Waals surface area (Å²) in [7, 11) is 3.29. The highest BCUT2D eigenvalue weighted by Gasteiger charge is 2.18. The third-order valence-corrected chi connectivity index (χ3v) is 6.49. The lowest BCUT2D eigenvalue weighted by molar-refractivity contribution is 0.100. The molecule has 10 heteroatoms. The molecule has 0 aliphatic rings. The molecule has 2 aromatic carbocycles. The Balaban J connectivity index is 0.000000234. The second-order valence-corrected chi connectivity index (χ2v) is 9.11. The first-order valence-electron chi connectivity index (χ1n) is 13.0. The number of methoxy groups -OCH3 is 1. The van der Waals surface area contributed by atoms with Crippen LogP contribution in [0.4, 0.5) is 11.6 Å². The number of nitrogens with zero attached hydrogens (tertiary/aromatic N) is 4. The van der Waals surface area contributed by atoms with Crippen molar-refractivity contribution in [1.82, 2.24) is 19.3 Å². The second-order valence-electron chi connectivity index (χ2n) is 9.11. The molecule has 0 saturated heterocycles. The quantitative estimate of drug-likeness (QED) is 0.244. The zero-order valence-corrected chi connectivity index (χ0v) is 23.3. The van der Waals surface area contributed by atoms with Crippen LogP contribution in [-0.4, -0.2) is 38.9 Å². The van der Waals surface area contributed by atoms with Crippen LogP contribution in [0.3, 0.4) is 0 Å². The average Bonchev–Trinajstić information content (AvgIpc) is 3.28. The minimum absolute atomic E-state index is 0.0195. The molecular formula is C31H33N7O3. The van der Waals surface area contributed by atoms with Crippen LogP contribution in [-0.2, 0) is 13.5 Å². The number of nitrogens with one attached hydrogen (secondary N) is 1. The molecule has 5 N–H and O–H groups in total. The zero-order chi connectivity index (χ0) is 29.5. The number of carbonyl (C=O) groups excluding carboxylic acids is 1. The minimum atomic E-state index is -0.595. The number of para-hydroxylation sites is 1. The molecule has 0 aliphatic heterocycles. The second kappa shape index (κ2) is 12.6. The van der Waals surface area contributed by atoms with E-state index < -0.39 is 5.91 Å². The first kappa shape index (κ1) is 28.6. The predicted octanol–water partition coefficient (Wildman–Crippen LogP) is 4.32. The van der Waals surface area contributed by atoms with Gasteiger partial charge in [0, 0.05) is 36.7 Å². The molecule has 3 heterocycles. The van der Waals surface area contributed by atoms with Gasteiger partial charge >= 0.3 is 0 Å². The van der Waals surface area contributed by atoms with Gasteiger partial charge in [-0.15, -0.1) is 6.58 Å². The molecular weight excluding hydrogens is 518 g/mol. The molecule has 210 valence electrons. The third kappa shape index (κ3) is 5.96. The topological polar surface area (TPSA) is 143 Å². The lowest BCUT2D eigenvalue weighted by Crippen LogP contribution is -2.22. The summed E-state index contributed by atoms with van der Waals surface area (Å²) in [4.78, 5) is 28.9. The summed E-state index contributed by atoms with van der Waals surface area (Å²) in [6.07, 6.45) is 5.85. The van der Waals surface area contributed by atoms with Crippen molar-refractivity contribution in [2.45, 2.75) is 13.3 Å². The van der Waals surface area contributed by atoms with Crippen LogP contribution in [0.1, 0.15) is 23.0 Å². The molecule has 41 heavy (non-hydrogen) atoms. The van der Waals surface area contributed by atoms with E-state index in [4.69, 9.17) is 16.2 Å². The van der Waals surface area contributed by atoms with Gasteiger partial charge in [-0.05, 0) is 41.6 Å². The number of carbonyl (C=O) groups is 1. The van der Waals surface area contributed by atoms with Gasteiger partial charge in [-0.25, -0.2) is 0 Å². The Kier molecular flexibility index (Phi) is 8.83. The van der Waals surface area contributed by atoms with Crippen LogP contribution in [0.15, 0.2) is 90.5 Å². The van der Waals surface area contributed by atoms with E-state index in [1.807, 2.05) is 54.6 Å². The largest absolute Gasteiger partial charge is 0.495 e. The summed E-state index contributed by atoms with van der Waals surface area (Å²) in [6, 6.07) is 19.7. The molecule has 0 unspecified atom stereocenters. The molecule has 0 spiro atoms. The number of amides is 1. The molecule has 1 amide bonds. The van der Waals surface area contributed by atoms with Crippen molar-refractivity contribution in [2.75, 3.05) is 24.7 Å². The lowest BCUT2D eigenvalue weighted by atomic mass is 9.99. The van der Waals surface area contributed by atoms with Gasteiger partial charge in [-0.1, -0.05) is 49.4 Å². The third-order valence-electron chi connectivity index (χ3n) is 6.49. The van der Waals surface area contributed by atoms with Gasteiger partial charge in [0.1, 0.15) is 17.1 Å². The van der Waals surface area contributed by atoms with Gasteiger partial charge in [0.05, 0.1) is 18.7 Å². The Morgan fingerprint density at radius 1 is 1.12 bits per heavy atom. The smallest absolute Gasteiger partial charge is 0.263 e. The summed E-state index contributed by atoms with van der Waals surface area (Å²) in [6.45, 7) is 6.13. The number of nitrogens with two attached hydrogens (primary N) is 2. The normalized spacial score (nSPS) is 10.5. The van der Waals surface area contributed by atoms with Crippen molar-refractivity contribution in [2.24, 2.45) is 12.8 Å². The van der Waals surface area contributed by atoms with Gasteiger partial charge in [-0.2, -0.15) is 5.10 Å². The molecule has 0 fully saturated rings. The Labute approximate surface area is 237 Å². The SMILES string of the molecule is C=CCNc1c(C(N)=O)c(N)nn1C.CCc1cc2cccc(-c3cncc(OC)c3)c2c(=O)n1-c1ccccc1. The number of hydrogen-bond donors (Lipinski definition) is 3. The molecule has 10 nitrogen and oxygen atoms in total. The van der Waals surface area contributed by atoms with E-state index in [1.165, 1.54) is 4.68 Å². The maximum Gasteiger partial charge on any atom is 0.263 e. The van der Waals surface area contributed by atoms with Crippen LogP contribution in [0, 0.1) is 0 Å². The van der Waals surface area contributed by atoms with E-state index >= 15 is 0 Å². The first-order chi connectivity index (χ1) is 19.8. The van der Waals surface area contributed by atoms with Crippen molar-refractivity contribution < 1.29 is 9.53 Å². The standard InChI is InChI=1S/C23H20N2O2.C8H13N5O/c1-3-18-12-16-8-7-11-21(17-13-20(27-2)15-24-14-17)22(16)23(26)25(18)19-9-5-4-6-10-19;1-3-4-11-8-5(7(10)14)6(9)12-13(8)2/h4-15H,3H2,1-2H3;3,11H,1,4H2,2H3,(H2,9,12)(H2,10,14). The highest BCUT2D eigenvalue weighted by Crippen LogP contribution is 2.29. The molecule has 5 rings (SSSR count). The Morgan fingerprint density at radius 3 is 2.54 bits per heavy atom. The summed E-state index contributed by atoms with van der Waals surface area (Å²) in [5.74, 6) is 0.710. The summed E-state index contributed by atoms with van der Waals surface area (Å²) in [5.41, 5.74) is 14.5. The van der Waals surface area contributed by atoms with Crippen LogP contribution in [0.25, 0.3) is 27.6 Å². The molecule has 0 aliphatic carbocycles. The number of anilines is 2. The van der Waals surface area contributed by atoms with Crippen molar-refractivity contribution in [1.29, 1.82) is 0 Å². The zero-order valence-electron chi connectivity index (χ0n) is 23.3. The lowest BCUT2D eigenvalue weighted by Gasteiger charge is -2.15. The highest BCUT2D eigenvalue weighted by molar-refractivity contribution is 6.02. The van der Waals surface area contributed by atoms with Crippen LogP contribution in [0.2, 0.25) is 0 Å². The Hall–Kier alpha value is -5.38. The van der Waals surface area contributed by atoms with E-state index in [9.17, 15) is 9.59 Å². The summed E-state index contributed by atoms with van der Waals surface area (Å²) >= 11 is 0. The van der Waals surface area contributed by atoms with Gasteiger partial charge in [0.15, 0.2) is 5.82 Å². The minimum Gasteiger partial charge on any atom is -0.495 e. The van der Waals surface area contributed by atoms with Crippen LogP contribution >= 0.6 is 0 Å². The van der Waals surface area contributed by atoms with Crippen LogP contribution < -0.4 is 27.1 Å². The molecule has 0 atom stereocenters. The maximum absolute atomic E-state index is 13.6. The van der Waals surface area contributed by atoms with Crippen molar-refractivity contribution in [3.05, 3.63) is 107 Å². The van der Waals surface area contributed by atoms with E-state index in [-0.39, 0.29) is 16.9 Å². The summed E-state index contributed by atoms with van der Waals surface area (Å²) in [5, 5.41) is 8.44. The van der Waals surface area contributed by atoms with Crippen LogP contribution in [0.5, 0.6) is 5.75 Å². The van der Waals surface area contributed by atoms with Crippen molar-refractivity contribution in [3.8, 4) is 22.6 Å². The number of ether oxygens (including phenoxy) is 1. The molecule has 0 radical (unpaired) electrons. The number of aromatic nitrogens is 4. The molecule has 5 aromatic rings. The highest BCUT2D eigenvalue weighted by atomic mass is 16.5. The number of hydrogen-bond acceptors (Lipinski definition) is 7. The fourth-order valence-electron chi connectivity index (χ4n) is 4.61. The van der Waals surface area contributed by atoms with E-state index in [2.05, 4.69) is 35.0 Å². The van der Waals surface area contributed by atoms with E-state index in [0.29, 0.717) is 23.5 Å². The number of aryl methyl sites for hydroxylation is 2. The molecule has 0 bridgehead atoms. The maximum atomic E-state index is 13.6. The van der Waals surface area contributed by atoms with Gasteiger partial charge < -0.3 is 21.5 Å². The van der Waals surface area contributed by atoms with E-state index in [1.54, 1.807) is 37.2 Å². The fraction of sp³-hybridized carbons (Fsp3) is 0.161. The number of fused-ring (bicyclic) bond motifs is 1. The first-order valence-corrected chi connectivity index (χ1v) is 13.0. The van der Waals surface area contributed by atoms with Gasteiger partial charge in [-0.3, -0.25) is 23.8 Å². The fourth-order valence-corrected chi connectivity index (χ4v) is 4.61. The Morgan fingerprint density at radius 2 is 1.88 bits per heavy atom.